The molecular weight excluding hydrogens is 502 g/mol. The zero-order valence-corrected chi connectivity index (χ0v) is 24.2. The lowest BCUT2D eigenvalue weighted by Gasteiger charge is -2.55. The van der Waals surface area contributed by atoms with Gasteiger partial charge in [0.15, 0.2) is 11.5 Å². The molecule has 3 unspecified atom stereocenters. The Labute approximate surface area is 237 Å². The maximum atomic E-state index is 14.0. The van der Waals surface area contributed by atoms with Gasteiger partial charge in [-0.25, -0.2) is 4.98 Å². The third-order valence-corrected chi connectivity index (χ3v) is 10.5. The minimum Gasteiger partial charge on any atom is -0.466 e. The van der Waals surface area contributed by atoms with Crippen LogP contribution >= 0.6 is 0 Å². The van der Waals surface area contributed by atoms with Gasteiger partial charge in [0.1, 0.15) is 0 Å². The van der Waals surface area contributed by atoms with Crippen LogP contribution in [0.25, 0.3) is 11.0 Å². The van der Waals surface area contributed by atoms with Gasteiger partial charge in [-0.05, 0) is 82.3 Å². The molecule has 1 aromatic carbocycles. The number of nitrogens with zero attached hydrogens (tertiary/aromatic N) is 3. The van der Waals surface area contributed by atoms with Gasteiger partial charge in [-0.3, -0.25) is 19.3 Å². The molecule has 2 aromatic rings. The SMILES string of the molecule is CCOC(=O)CCC(=O)c1nc2ccccc2n([C@@H]2C[C@@H]3C2CCC[C@H](C)N3C2CC3CCCCC(C3)C2)c1=O. The van der Waals surface area contributed by atoms with Crippen LogP contribution in [0.2, 0.25) is 0 Å². The summed E-state index contributed by atoms with van der Waals surface area (Å²) >= 11 is 0. The quantitative estimate of drug-likeness (QED) is 0.308. The summed E-state index contributed by atoms with van der Waals surface area (Å²) in [6, 6.07) is 9.50. The van der Waals surface area contributed by atoms with E-state index in [2.05, 4.69) is 16.8 Å². The molecule has 4 aliphatic rings. The van der Waals surface area contributed by atoms with Gasteiger partial charge in [-0.15, -0.1) is 0 Å². The molecule has 40 heavy (non-hydrogen) atoms. The maximum Gasteiger partial charge on any atom is 0.306 e. The number of likely N-dealkylation sites (tertiary alicyclic amines) is 1. The Hall–Kier alpha value is -2.54. The van der Waals surface area contributed by atoms with Gasteiger partial charge in [0.2, 0.25) is 0 Å². The second kappa shape index (κ2) is 11.8. The Morgan fingerprint density at radius 1 is 0.925 bits per heavy atom. The number of rotatable bonds is 7. The number of aromatic nitrogens is 2. The third kappa shape index (κ3) is 5.26. The number of hydrogen-bond acceptors (Lipinski definition) is 6. The highest BCUT2D eigenvalue weighted by Crippen LogP contribution is 2.51. The largest absolute Gasteiger partial charge is 0.466 e. The normalized spacial score (nSPS) is 32.4. The summed E-state index contributed by atoms with van der Waals surface area (Å²) < 4.78 is 6.89. The summed E-state index contributed by atoms with van der Waals surface area (Å²) in [7, 11) is 0. The maximum absolute atomic E-state index is 14.0. The molecule has 216 valence electrons. The number of esters is 1. The van der Waals surface area contributed by atoms with E-state index in [9.17, 15) is 14.4 Å². The highest BCUT2D eigenvalue weighted by atomic mass is 16.5. The predicted octanol–water partition coefficient (Wildman–Crippen LogP) is 6.09. The van der Waals surface area contributed by atoms with E-state index >= 15 is 0 Å². The number of Topliss-reactive ketones (excluding diaryl/α,β-unsaturated/α-hetero) is 1. The molecular formula is C33H45N3O4. The van der Waals surface area contributed by atoms with Crippen LogP contribution in [0.5, 0.6) is 0 Å². The van der Waals surface area contributed by atoms with Crippen molar-refractivity contribution >= 4 is 22.8 Å². The molecule has 7 nitrogen and oxygen atoms in total. The molecule has 7 heteroatoms. The van der Waals surface area contributed by atoms with Crippen LogP contribution in [0.15, 0.2) is 29.1 Å². The highest BCUT2D eigenvalue weighted by molar-refractivity contribution is 5.97. The average Bonchev–Trinajstić information content (AvgIpc) is 3.18. The zero-order valence-electron chi connectivity index (χ0n) is 24.2. The van der Waals surface area contributed by atoms with Gasteiger partial charge in [0, 0.05) is 30.6 Å². The molecule has 2 bridgehead atoms. The number of fused-ring (bicyclic) bond motifs is 4. The fourth-order valence-electron chi connectivity index (χ4n) is 8.78. The van der Waals surface area contributed by atoms with E-state index in [0.717, 1.165) is 30.2 Å². The third-order valence-electron chi connectivity index (χ3n) is 10.5. The number of benzene rings is 1. The standard InChI is InChI=1S/C33H45N3O4/c1-3-40-31(38)16-15-30(37)32-33(39)36(27-14-7-6-13-26(27)34-32)29-20-28-25(29)12-8-9-21(2)35(28)24-18-22-10-4-5-11-23(17-22)19-24/h6-7,13-14,21-25,28-29H,3-5,8-12,15-20H2,1-2H3/t21-,22?,23?,24?,25?,28+,29+/m0/s1. The topological polar surface area (TPSA) is 81.5 Å². The first-order chi connectivity index (χ1) is 19.4. The fourth-order valence-corrected chi connectivity index (χ4v) is 8.78. The first-order valence-electron chi connectivity index (χ1n) is 15.9. The molecule has 0 N–H and O–H groups in total. The molecule has 1 aromatic heterocycles. The van der Waals surface area contributed by atoms with E-state index in [4.69, 9.17) is 4.74 Å². The van der Waals surface area contributed by atoms with Crippen LogP contribution < -0.4 is 5.56 Å². The molecule has 0 amide bonds. The van der Waals surface area contributed by atoms with E-state index in [-0.39, 0.29) is 42.5 Å². The Morgan fingerprint density at radius 2 is 1.68 bits per heavy atom. The number of ketones is 1. The molecule has 1 saturated heterocycles. The number of ether oxygens (including phenoxy) is 1. The highest BCUT2D eigenvalue weighted by Gasteiger charge is 2.51. The van der Waals surface area contributed by atoms with Crippen LogP contribution in [0.4, 0.5) is 0 Å². The monoisotopic (exact) mass is 547 g/mol. The second-order valence-corrected chi connectivity index (χ2v) is 13.0. The number of para-hydroxylation sites is 2. The van der Waals surface area contributed by atoms with E-state index in [1.807, 2.05) is 28.8 Å². The number of carbonyl (C=O) groups excluding carboxylic acids is 2. The Bertz CT molecular complexity index is 1290. The van der Waals surface area contributed by atoms with Gasteiger partial charge in [-0.1, -0.05) is 44.2 Å². The van der Waals surface area contributed by atoms with E-state index < -0.39 is 5.97 Å². The fraction of sp³-hybridized carbons (Fsp3) is 0.697. The molecule has 1 aliphatic heterocycles. The summed E-state index contributed by atoms with van der Waals surface area (Å²) in [5.74, 6) is 1.36. The van der Waals surface area contributed by atoms with Crippen molar-refractivity contribution in [3.63, 3.8) is 0 Å². The molecule has 3 saturated carbocycles. The van der Waals surface area contributed by atoms with Crippen LogP contribution in [-0.4, -0.2) is 50.9 Å². The molecule has 0 radical (unpaired) electrons. The van der Waals surface area contributed by atoms with Gasteiger partial charge < -0.3 is 9.30 Å². The first kappa shape index (κ1) is 27.6. The number of carbonyl (C=O) groups is 2. The van der Waals surface area contributed by atoms with Crippen LogP contribution in [0, 0.1) is 17.8 Å². The van der Waals surface area contributed by atoms with Crippen molar-refractivity contribution in [3.05, 3.63) is 40.3 Å². The lowest BCUT2D eigenvalue weighted by molar-refractivity contribution is -0.143. The summed E-state index contributed by atoms with van der Waals surface area (Å²) in [6.07, 6.45) is 14.1. The summed E-state index contributed by atoms with van der Waals surface area (Å²) in [5.41, 5.74) is 1.14. The van der Waals surface area contributed by atoms with Gasteiger partial charge in [0.05, 0.1) is 24.1 Å². The van der Waals surface area contributed by atoms with Gasteiger partial charge in [0.25, 0.3) is 5.56 Å². The van der Waals surface area contributed by atoms with Crippen molar-refractivity contribution in [3.8, 4) is 0 Å². The average molecular weight is 548 g/mol. The molecule has 2 heterocycles. The lowest BCUT2D eigenvalue weighted by Crippen LogP contribution is -2.60. The van der Waals surface area contributed by atoms with Crippen molar-refractivity contribution in [1.29, 1.82) is 0 Å². The smallest absolute Gasteiger partial charge is 0.306 e. The van der Waals surface area contributed by atoms with E-state index in [0.29, 0.717) is 29.6 Å². The predicted molar refractivity (Wildman–Crippen MR) is 155 cm³/mol. The van der Waals surface area contributed by atoms with Crippen LogP contribution in [0.3, 0.4) is 0 Å². The van der Waals surface area contributed by atoms with E-state index in [1.165, 1.54) is 57.8 Å². The summed E-state index contributed by atoms with van der Waals surface area (Å²) in [6.45, 7) is 4.45. The zero-order chi connectivity index (χ0) is 27.8. The Kier molecular flexibility index (Phi) is 8.11. The van der Waals surface area contributed by atoms with Gasteiger partial charge in [-0.2, -0.15) is 0 Å². The minimum atomic E-state index is -0.422. The van der Waals surface area contributed by atoms with Crippen LogP contribution in [-0.2, 0) is 9.53 Å². The molecule has 6 rings (SSSR count). The lowest BCUT2D eigenvalue weighted by atomic mass is 9.69. The Morgan fingerprint density at radius 3 is 2.42 bits per heavy atom. The summed E-state index contributed by atoms with van der Waals surface area (Å²) in [4.78, 5) is 46.4. The molecule has 0 spiro atoms. The van der Waals surface area contributed by atoms with Crippen molar-refractivity contribution < 1.29 is 14.3 Å². The molecule has 4 fully saturated rings. The molecule has 3 aliphatic carbocycles. The minimum absolute atomic E-state index is 0.0367. The van der Waals surface area contributed by atoms with Crippen molar-refractivity contribution in [2.24, 2.45) is 17.8 Å². The van der Waals surface area contributed by atoms with Crippen molar-refractivity contribution in [2.45, 2.75) is 121 Å². The van der Waals surface area contributed by atoms with Crippen LogP contribution in [0.1, 0.15) is 114 Å². The Balaban J connectivity index is 1.29. The van der Waals surface area contributed by atoms with Gasteiger partial charge >= 0.3 is 5.97 Å². The second-order valence-electron chi connectivity index (χ2n) is 13.0. The van der Waals surface area contributed by atoms with Crippen molar-refractivity contribution in [1.82, 2.24) is 14.5 Å². The van der Waals surface area contributed by atoms with E-state index in [1.54, 1.807) is 6.92 Å². The number of hydrogen-bond donors (Lipinski definition) is 0. The van der Waals surface area contributed by atoms with Crippen molar-refractivity contribution in [2.75, 3.05) is 6.61 Å². The molecule has 6 atom stereocenters. The first-order valence-corrected chi connectivity index (χ1v) is 15.9. The summed E-state index contributed by atoms with van der Waals surface area (Å²) in [5, 5.41) is 0.